The maximum atomic E-state index is 12.1. The van der Waals surface area contributed by atoms with E-state index in [0.29, 0.717) is 43.4 Å². The van der Waals surface area contributed by atoms with Gasteiger partial charge >= 0.3 is 0 Å². The molecule has 5 heterocycles. The Kier molecular flexibility index (Phi) is 17.4. The van der Waals surface area contributed by atoms with E-state index < -0.39 is 155 Å². The fourth-order valence-corrected chi connectivity index (χ4v) is 15.0. The molecule has 0 bridgehead atoms. The van der Waals surface area contributed by atoms with Gasteiger partial charge in [-0.1, -0.05) is 39.3 Å². The number of hydrogen-bond acceptors (Lipinski definition) is 23. The first-order chi connectivity index (χ1) is 35.0. The van der Waals surface area contributed by atoms with Crippen molar-refractivity contribution in [1.82, 2.24) is 0 Å². The second-order valence-electron chi connectivity index (χ2n) is 23.8. The van der Waals surface area contributed by atoms with Crippen LogP contribution in [0.4, 0.5) is 0 Å². The van der Waals surface area contributed by atoms with Crippen LogP contribution < -0.4 is 0 Å². The van der Waals surface area contributed by atoms with Crippen molar-refractivity contribution in [3.63, 3.8) is 0 Å². The van der Waals surface area contributed by atoms with Crippen LogP contribution in [0.3, 0.4) is 0 Å². The Morgan fingerprint density at radius 2 is 1.20 bits per heavy atom. The molecule has 0 radical (unpaired) electrons. The summed E-state index contributed by atoms with van der Waals surface area (Å²) in [4.78, 5) is 0. The highest BCUT2D eigenvalue weighted by Gasteiger charge is 2.68. The molecule has 0 aromatic rings. The molecule has 23 heteroatoms. The van der Waals surface area contributed by atoms with Crippen molar-refractivity contribution in [2.45, 2.75) is 233 Å². The molecular formula is C51H84O23. The zero-order valence-corrected chi connectivity index (χ0v) is 42.9. The van der Waals surface area contributed by atoms with E-state index in [-0.39, 0.29) is 41.3 Å². The lowest BCUT2D eigenvalue weighted by Gasteiger charge is -2.58. The van der Waals surface area contributed by atoms with Gasteiger partial charge in [0.1, 0.15) is 91.6 Å². The predicted molar refractivity (Wildman–Crippen MR) is 250 cm³/mol. The lowest BCUT2D eigenvalue weighted by Crippen LogP contribution is -2.67. The number of rotatable bonds is 15. The molecule has 0 unspecified atom stereocenters. The van der Waals surface area contributed by atoms with Gasteiger partial charge in [-0.3, -0.25) is 0 Å². The van der Waals surface area contributed by atoms with Crippen LogP contribution in [0.25, 0.3) is 0 Å². The van der Waals surface area contributed by atoms with E-state index in [4.69, 9.17) is 42.6 Å². The third-order valence-corrected chi connectivity index (χ3v) is 19.5. The molecule has 8 fully saturated rings. The van der Waals surface area contributed by atoms with Gasteiger partial charge in [-0.25, -0.2) is 0 Å². The molecule has 14 N–H and O–H groups in total. The maximum Gasteiger partial charge on any atom is 0.187 e. The lowest BCUT2D eigenvalue weighted by molar-refractivity contribution is -0.394. The second kappa shape index (κ2) is 22.4. The minimum Gasteiger partial charge on any atom is -0.394 e. The van der Waals surface area contributed by atoms with Crippen LogP contribution in [0.5, 0.6) is 0 Å². The highest BCUT2D eigenvalue weighted by atomic mass is 16.8. The maximum absolute atomic E-state index is 12.1. The molecule has 5 aliphatic heterocycles. The summed E-state index contributed by atoms with van der Waals surface area (Å²) in [7, 11) is 0. The third kappa shape index (κ3) is 10.2. The molecule has 31 atom stereocenters. The highest BCUT2D eigenvalue weighted by molar-refractivity contribution is 5.26. The molecule has 0 aromatic heterocycles. The number of ether oxygens (including phenoxy) is 9. The van der Waals surface area contributed by atoms with Crippen LogP contribution in [0.1, 0.15) is 92.4 Å². The van der Waals surface area contributed by atoms with E-state index in [9.17, 15) is 71.5 Å². The standard InChI is InChI=1S/C51H84O23/c1-20(19-66-45-40(62)38(60)34(56)29(16-52)69-45)8-13-51(65)21(2)32-28(74-51)15-27-25-7-6-23-14-24(9-11-49(23,4)26(25)10-12-50(27,32)5)68-48-44(73-46-41(63)37(59)33(55)22(3)67-46)43(36(58)31(18-54)71-48)72-47-42(64)39(61)35(57)30(17-53)70-47/h6,20-22,24-48,52-65H,7-19H2,1-5H3/t20-,21+,22+,24+,25-,26+,27+,28+,29-,30+,31-,32+,33+,34-,35+,36-,37-,38+,39-,40-,41-,42+,43+,44-,45-,46+,47-,48-,49+,50+,51-/m1/s1. The molecule has 0 aromatic carbocycles. The summed E-state index contributed by atoms with van der Waals surface area (Å²) in [6, 6.07) is 0. The summed E-state index contributed by atoms with van der Waals surface area (Å²) in [5.41, 5.74) is 0.989. The quantitative estimate of drug-likeness (QED) is 0.0727. The summed E-state index contributed by atoms with van der Waals surface area (Å²) < 4.78 is 54.7. The summed E-state index contributed by atoms with van der Waals surface area (Å²) >= 11 is 0. The van der Waals surface area contributed by atoms with Gasteiger partial charge in [0, 0.05) is 12.3 Å². The van der Waals surface area contributed by atoms with Gasteiger partial charge in [0.15, 0.2) is 30.9 Å². The van der Waals surface area contributed by atoms with Gasteiger partial charge in [-0.15, -0.1) is 0 Å². The van der Waals surface area contributed by atoms with Gasteiger partial charge < -0.3 is 114 Å². The summed E-state index contributed by atoms with van der Waals surface area (Å²) in [6.45, 7) is 8.33. The molecule has 0 spiro atoms. The summed E-state index contributed by atoms with van der Waals surface area (Å²) in [6.07, 6.45) is -22.5. The number of allylic oxidation sites excluding steroid dienone is 1. The average molecular weight is 1070 g/mol. The molecule has 9 rings (SSSR count). The second-order valence-corrected chi connectivity index (χ2v) is 23.8. The lowest BCUT2D eigenvalue weighted by atomic mass is 9.47. The van der Waals surface area contributed by atoms with Crippen molar-refractivity contribution in [3.8, 4) is 0 Å². The Morgan fingerprint density at radius 3 is 1.85 bits per heavy atom. The minimum atomic E-state index is -1.88. The smallest absolute Gasteiger partial charge is 0.187 e. The molecule has 23 nitrogen and oxygen atoms in total. The average Bonchev–Trinajstić information content (AvgIpc) is 3.82. The fourth-order valence-electron chi connectivity index (χ4n) is 15.0. The molecule has 3 saturated carbocycles. The molecular weight excluding hydrogens is 981 g/mol. The van der Waals surface area contributed by atoms with Crippen molar-refractivity contribution in [2.75, 3.05) is 26.4 Å². The highest BCUT2D eigenvalue weighted by Crippen LogP contribution is 2.70. The topological polar surface area (TPSA) is 366 Å². The molecule has 9 aliphatic rings. The number of aliphatic hydroxyl groups is 14. The van der Waals surface area contributed by atoms with Crippen LogP contribution in [0.2, 0.25) is 0 Å². The Bertz CT molecular complexity index is 1920. The number of aliphatic hydroxyl groups excluding tert-OH is 13. The number of hydrogen-bond donors (Lipinski definition) is 14. The van der Waals surface area contributed by atoms with Crippen LogP contribution >= 0.6 is 0 Å². The van der Waals surface area contributed by atoms with Gasteiger partial charge in [0.2, 0.25) is 0 Å². The Labute approximate surface area is 430 Å². The first-order valence-corrected chi connectivity index (χ1v) is 26.9. The number of fused-ring (bicyclic) bond motifs is 7. The Balaban J connectivity index is 0.864. The van der Waals surface area contributed by atoms with Crippen LogP contribution in [0, 0.1) is 46.3 Å². The van der Waals surface area contributed by atoms with E-state index in [1.807, 2.05) is 6.92 Å². The van der Waals surface area contributed by atoms with E-state index in [0.717, 1.165) is 32.1 Å². The summed E-state index contributed by atoms with van der Waals surface area (Å²) in [5.74, 6) is -0.351. The van der Waals surface area contributed by atoms with Crippen molar-refractivity contribution >= 4 is 0 Å². The zero-order valence-electron chi connectivity index (χ0n) is 42.9. The first kappa shape index (κ1) is 57.5. The van der Waals surface area contributed by atoms with Gasteiger partial charge in [-0.2, -0.15) is 0 Å². The Hall–Kier alpha value is -1.18. The minimum absolute atomic E-state index is 0.0769. The van der Waals surface area contributed by atoms with E-state index >= 15 is 0 Å². The fraction of sp³-hybridized carbons (Fsp3) is 0.961. The van der Waals surface area contributed by atoms with Gasteiger partial charge in [0.05, 0.1) is 44.7 Å². The summed E-state index contributed by atoms with van der Waals surface area (Å²) in [5, 5.41) is 149. The predicted octanol–water partition coefficient (Wildman–Crippen LogP) is -3.01. The van der Waals surface area contributed by atoms with E-state index in [1.54, 1.807) is 0 Å². The monoisotopic (exact) mass is 1060 g/mol. The van der Waals surface area contributed by atoms with Gasteiger partial charge in [-0.05, 0) is 98.7 Å². The van der Waals surface area contributed by atoms with Crippen LogP contribution in [0.15, 0.2) is 11.6 Å². The van der Waals surface area contributed by atoms with Crippen molar-refractivity contribution < 1.29 is 114 Å². The largest absolute Gasteiger partial charge is 0.394 e. The van der Waals surface area contributed by atoms with E-state index in [1.165, 1.54) is 12.5 Å². The normalized spacial score (nSPS) is 54.9. The van der Waals surface area contributed by atoms with Crippen LogP contribution in [-0.4, -0.2) is 239 Å². The van der Waals surface area contributed by atoms with E-state index in [2.05, 4.69) is 26.8 Å². The van der Waals surface area contributed by atoms with Crippen molar-refractivity contribution in [2.24, 2.45) is 46.3 Å². The molecule has 74 heavy (non-hydrogen) atoms. The van der Waals surface area contributed by atoms with Crippen molar-refractivity contribution in [3.05, 3.63) is 11.6 Å². The Morgan fingerprint density at radius 1 is 0.635 bits per heavy atom. The molecule has 5 saturated heterocycles. The van der Waals surface area contributed by atoms with Crippen LogP contribution in [-0.2, 0) is 42.6 Å². The third-order valence-electron chi connectivity index (χ3n) is 19.5. The van der Waals surface area contributed by atoms with Crippen molar-refractivity contribution in [1.29, 1.82) is 0 Å². The zero-order chi connectivity index (χ0) is 53.5. The molecule has 426 valence electrons. The first-order valence-electron chi connectivity index (χ1n) is 26.9. The SMILES string of the molecule is C[C@H](CC[C@@]1(O)O[C@H]2C[C@H]3[C@@H]4CC=C5C[C@@H](O[C@@H]6O[C@H](CO)[C@@H](O)[C@H](O[C@H]7O[C@@H](CO)[C@H](O)[C@@H](O)[C@@H]7O)[C@H]6O[C@@H]6O[C@@H](C)[C@H](O)[C@@H](O)[C@H]6O)CC[C@]5(C)[C@H]4CC[C@]3(C)[C@H]2[C@@H]1C)CO[C@@H]1O[C@H](CO)[C@@H](O)[C@H](O)[C@H]1O. The molecule has 4 aliphatic carbocycles. The van der Waals surface area contributed by atoms with Gasteiger partial charge in [0.25, 0.3) is 0 Å². The molecule has 0 amide bonds.